The monoisotopic (exact) mass is 394 g/mol. The number of aliphatic hydroxyl groups excluding tert-OH is 2. The number of hydrogen-bond acceptors (Lipinski definition) is 2. The summed E-state index contributed by atoms with van der Waals surface area (Å²) in [6.07, 6.45) is 5.35. The third-order valence-corrected chi connectivity index (χ3v) is 8.41. The molecule has 0 aromatic rings. The van der Waals surface area contributed by atoms with Gasteiger partial charge in [-0.25, -0.2) is 0 Å². The summed E-state index contributed by atoms with van der Waals surface area (Å²) >= 11 is 0. The molecule has 0 aliphatic heterocycles. The molecule has 0 radical (unpaired) electrons. The third-order valence-electron chi connectivity index (χ3n) is 8.41. The van der Waals surface area contributed by atoms with Crippen LogP contribution in [-0.2, 0) is 0 Å². The van der Waals surface area contributed by atoms with Crippen molar-refractivity contribution < 1.29 is 10.2 Å². The maximum Gasteiger partial charge on any atom is 0.0606 e. The van der Waals surface area contributed by atoms with Crippen LogP contribution in [0.15, 0.2) is 0 Å². The molecule has 2 saturated carbocycles. The van der Waals surface area contributed by atoms with E-state index in [1.54, 1.807) is 0 Å². The van der Waals surface area contributed by atoms with E-state index in [9.17, 15) is 10.2 Å². The van der Waals surface area contributed by atoms with Crippen molar-refractivity contribution in [1.29, 1.82) is 0 Å². The van der Waals surface area contributed by atoms with Crippen LogP contribution in [0, 0.1) is 51.8 Å². The largest absolute Gasteiger partial charge is 0.393 e. The SMILES string of the molecule is CC1CC(O)C(C(C)(C)C)CC1CC1CC(C(C)(C)C)C(O)C(C(C)(C)C)C1. The zero-order chi connectivity index (χ0) is 21.7. The standard InChI is InChI=1S/C26H50O2/c1-16-11-22(27)19(24(2,3)4)15-18(16)12-17-13-20(25(5,6)7)23(28)21(14-17)26(8,9)10/h16-23,27-28H,11-15H2,1-10H3. The van der Waals surface area contributed by atoms with Gasteiger partial charge in [-0.3, -0.25) is 0 Å². The van der Waals surface area contributed by atoms with Crippen molar-refractivity contribution in [2.75, 3.05) is 0 Å². The molecule has 166 valence electrons. The van der Waals surface area contributed by atoms with Crippen LogP contribution in [0.25, 0.3) is 0 Å². The van der Waals surface area contributed by atoms with E-state index in [4.69, 9.17) is 0 Å². The molecule has 0 aromatic heterocycles. The van der Waals surface area contributed by atoms with Gasteiger partial charge in [-0.15, -0.1) is 0 Å². The van der Waals surface area contributed by atoms with Crippen molar-refractivity contribution >= 4 is 0 Å². The Morgan fingerprint density at radius 3 is 1.46 bits per heavy atom. The Kier molecular flexibility index (Phi) is 7.10. The highest BCUT2D eigenvalue weighted by atomic mass is 16.3. The number of hydrogen-bond donors (Lipinski definition) is 2. The molecule has 0 heterocycles. The molecule has 0 saturated heterocycles. The summed E-state index contributed by atoms with van der Waals surface area (Å²) in [6.45, 7) is 23.0. The molecule has 0 bridgehead atoms. The van der Waals surface area contributed by atoms with Crippen LogP contribution < -0.4 is 0 Å². The molecule has 0 aromatic carbocycles. The van der Waals surface area contributed by atoms with Crippen LogP contribution in [0.3, 0.4) is 0 Å². The average molecular weight is 395 g/mol. The molecule has 2 aliphatic rings. The van der Waals surface area contributed by atoms with Gasteiger partial charge in [0.15, 0.2) is 0 Å². The van der Waals surface area contributed by atoms with Crippen molar-refractivity contribution in [2.45, 2.75) is 114 Å². The second kappa shape index (κ2) is 8.22. The summed E-state index contributed by atoms with van der Waals surface area (Å²) in [4.78, 5) is 0. The Morgan fingerprint density at radius 2 is 1.07 bits per heavy atom. The van der Waals surface area contributed by atoms with Crippen LogP contribution >= 0.6 is 0 Å². The summed E-state index contributed by atoms with van der Waals surface area (Å²) in [5.41, 5.74) is 0.455. The topological polar surface area (TPSA) is 40.5 Å². The Bertz CT molecular complexity index is 480. The fourth-order valence-corrected chi connectivity index (χ4v) is 6.44. The minimum Gasteiger partial charge on any atom is -0.393 e. The van der Waals surface area contributed by atoms with Crippen LogP contribution in [0.4, 0.5) is 0 Å². The molecule has 2 nitrogen and oxygen atoms in total. The molecular weight excluding hydrogens is 344 g/mol. The smallest absolute Gasteiger partial charge is 0.0606 e. The lowest BCUT2D eigenvalue weighted by Crippen LogP contribution is -2.48. The maximum absolute atomic E-state index is 11.2. The van der Waals surface area contributed by atoms with Crippen molar-refractivity contribution in [3.8, 4) is 0 Å². The Hall–Kier alpha value is -0.0800. The van der Waals surface area contributed by atoms with Gasteiger partial charge in [0.2, 0.25) is 0 Å². The van der Waals surface area contributed by atoms with E-state index >= 15 is 0 Å². The van der Waals surface area contributed by atoms with E-state index < -0.39 is 0 Å². The molecule has 6 atom stereocenters. The van der Waals surface area contributed by atoms with Crippen LogP contribution in [-0.4, -0.2) is 22.4 Å². The second-order valence-corrected chi connectivity index (χ2v) is 13.8. The number of rotatable bonds is 2. The first-order chi connectivity index (χ1) is 12.5. The van der Waals surface area contributed by atoms with Gasteiger partial charge >= 0.3 is 0 Å². The summed E-state index contributed by atoms with van der Waals surface area (Å²) < 4.78 is 0. The van der Waals surface area contributed by atoms with Gasteiger partial charge in [-0.05, 0) is 83.9 Å². The maximum atomic E-state index is 11.2. The van der Waals surface area contributed by atoms with Gasteiger partial charge in [-0.1, -0.05) is 69.2 Å². The zero-order valence-electron chi connectivity index (χ0n) is 20.5. The quantitative estimate of drug-likeness (QED) is 0.558. The lowest BCUT2D eigenvalue weighted by atomic mass is 9.56. The fourth-order valence-electron chi connectivity index (χ4n) is 6.44. The molecule has 2 N–H and O–H groups in total. The summed E-state index contributed by atoms with van der Waals surface area (Å²) in [5, 5.41) is 21.9. The lowest BCUT2D eigenvalue weighted by Gasteiger charge is -2.51. The van der Waals surface area contributed by atoms with Crippen LogP contribution in [0.1, 0.15) is 101 Å². The molecule has 2 aliphatic carbocycles. The van der Waals surface area contributed by atoms with Crippen molar-refractivity contribution in [2.24, 2.45) is 51.8 Å². The van der Waals surface area contributed by atoms with E-state index in [-0.39, 0.29) is 28.5 Å². The van der Waals surface area contributed by atoms with Gasteiger partial charge in [-0.2, -0.15) is 0 Å². The molecule has 28 heavy (non-hydrogen) atoms. The van der Waals surface area contributed by atoms with Gasteiger partial charge in [0.25, 0.3) is 0 Å². The molecule has 6 unspecified atom stereocenters. The van der Waals surface area contributed by atoms with E-state index in [2.05, 4.69) is 69.2 Å². The number of aliphatic hydroxyl groups is 2. The van der Waals surface area contributed by atoms with E-state index in [1.165, 1.54) is 6.42 Å². The second-order valence-electron chi connectivity index (χ2n) is 13.8. The molecule has 0 amide bonds. The van der Waals surface area contributed by atoms with Crippen molar-refractivity contribution in [1.82, 2.24) is 0 Å². The third kappa shape index (κ3) is 5.54. The van der Waals surface area contributed by atoms with Gasteiger partial charge < -0.3 is 10.2 Å². The first kappa shape index (κ1) is 24.2. The molecule has 0 spiro atoms. The van der Waals surface area contributed by atoms with Gasteiger partial charge in [0, 0.05) is 0 Å². The highest BCUT2D eigenvalue weighted by molar-refractivity contribution is 4.97. The van der Waals surface area contributed by atoms with Gasteiger partial charge in [0.1, 0.15) is 0 Å². The fraction of sp³-hybridized carbons (Fsp3) is 1.00. The lowest BCUT2D eigenvalue weighted by molar-refractivity contribution is -0.0920. The molecule has 2 heteroatoms. The average Bonchev–Trinajstić information content (AvgIpc) is 2.47. The highest BCUT2D eigenvalue weighted by Crippen LogP contribution is 2.52. The van der Waals surface area contributed by atoms with Crippen LogP contribution in [0.2, 0.25) is 0 Å². The van der Waals surface area contributed by atoms with Crippen molar-refractivity contribution in [3.63, 3.8) is 0 Å². The Labute approximate surface area is 175 Å². The minimum absolute atomic E-state index is 0.143. The van der Waals surface area contributed by atoms with Gasteiger partial charge in [0.05, 0.1) is 12.2 Å². The molecule has 2 rings (SSSR count). The first-order valence-electron chi connectivity index (χ1n) is 11.9. The Morgan fingerprint density at radius 1 is 0.643 bits per heavy atom. The summed E-state index contributed by atoms with van der Waals surface area (Å²) in [6, 6.07) is 0. The van der Waals surface area contributed by atoms with E-state index in [0.29, 0.717) is 35.5 Å². The Balaban J connectivity index is 2.19. The first-order valence-corrected chi connectivity index (χ1v) is 11.9. The summed E-state index contributed by atoms with van der Waals surface area (Å²) in [5.74, 6) is 3.15. The van der Waals surface area contributed by atoms with Crippen molar-refractivity contribution in [3.05, 3.63) is 0 Å². The normalized spacial score (nSPS) is 41.1. The van der Waals surface area contributed by atoms with E-state index in [1.807, 2.05) is 0 Å². The molecular formula is C26H50O2. The predicted octanol–water partition coefficient (Wildman–Crippen LogP) is 6.54. The van der Waals surface area contributed by atoms with E-state index in [0.717, 1.165) is 25.7 Å². The summed E-state index contributed by atoms with van der Waals surface area (Å²) in [7, 11) is 0. The molecule has 2 fully saturated rings. The predicted molar refractivity (Wildman–Crippen MR) is 120 cm³/mol. The minimum atomic E-state index is -0.191. The van der Waals surface area contributed by atoms with Crippen LogP contribution in [0.5, 0.6) is 0 Å². The highest BCUT2D eigenvalue weighted by Gasteiger charge is 2.47. The zero-order valence-corrected chi connectivity index (χ0v) is 20.5.